The number of aromatic amines is 1. The molecule has 5 nitrogen and oxygen atoms in total. The number of aromatic nitrogens is 1. The van der Waals surface area contributed by atoms with E-state index in [2.05, 4.69) is 4.98 Å². The van der Waals surface area contributed by atoms with Crippen molar-refractivity contribution in [2.45, 2.75) is 13.3 Å². The highest BCUT2D eigenvalue weighted by Crippen LogP contribution is 2.28. The molecule has 0 radical (unpaired) electrons. The number of carbonyl (C=O) groups excluding carboxylic acids is 2. The Morgan fingerprint density at radius 2 is 1.77 bits per heavy atom. The van der Waals surface area contributed by atoms with Crippen LogP contribution in [0.5, 0.6) is 0 Å². The fraction of sp³-hybridized carbons (Fsp3) is 0.375. The minimum absolute atomic E-state index is 0.0537. The Morgan fingerprint density at radius 1 is 1.09 bits per heavy atom. The van der Waals surface area contributed by atoms with Crippen molar-refractivity contribution in [1.29, 1.82) is 0 Å². The van der Waals surface area contributed by atoms with Gasteiger partial charge in [0.15, 0.2) is 0 Å². The highest BCUT2D eigenvalue weighted by atomic mass is 35.5. The molecule has 1 fully saturated rings. The molecule has 0 atom stereocenters. The second kappa shape index (κ2) is 6.01. The van der Waals surface area contributed by atoms with Crippen LogP contribution in [0.2, 0.25) is 5.02 Å². The van der Waals surface area contributed by atoms with E-state index in [1.807, 2.05) is 24.3 Å². The minimum atomic E-state index is -0.105. The predicted octanol–water partition coefficient (Wildman–Crippen LogP) is 2.52. The van der Waals surface area contributed by atoms with Gasteiger partial charge in [-0.3, -0.25) is 9.59 Å². The number of nitrogens with one attached hydrogen (secondary N) is 1. The number of H-pyrrole nitrogens is 1. The number of nitrogens with zero attached hydrogens (tertiary/aromatic N) is 2. The van der Waals surface area contributed by atoms with Crippen molar-refractivity contribution >= 4 is 34.3 Å². The maximum Gasteiger partial charge on any atom is 0.271 e. The van der Waals surface area contributed by atoms with Crippen LogP contribution < -0.4 is 0 Å². The Balaban J connectivity index is 1.83. The van der Waals surface area contributed by atoms with Crippen molar-refractivity contribution < 1.29 is 9.59 Å². The lowest BCUT2D eigenvalue weighted by Crippen LogP contribution is -2.36. The zero-order valence-electron chi connectivity index (χ0n) is 12.4. The molecule has 0 saturated carbocycles. The molecule has 1 saturated heterocycles. The molecule has 6 heteroatoms. The van der Waals surface area contributed by atoms with Crippen molar-refractivity contribution in [3.63, 3.8) is 0 Å². The summed E-state index contributed by atoms with van der Waals surface area (Å²) in [5, 5.41) is 1.32. The third-order valence-electron chi connectivity index (χ3n) is 4.08. The third kappa shape index (κ3) is 2.68. The first-order chi connectivity index (χ1) is 10.6. The highest BCUT2D eigenvalue weighted by molar-refractivity contribution is 6.38. The maximum atomic E-state index is 12.7. The SMILES string of the molecule is CC(=O)N1CCCN(C(=O)c2[nH]c3ccccc3c2Cl)CC1. The van der Waals surface area contributed by atoms with Crippen molar-refractivity contribution in [2.24, 2.45) is 0 Å². The van der Waals surface area contributed by atoms with Gasteiger partial charge in [0.05, 0.1) is 5.02 Å². The van der Waals surface area contributed by atoms with Gasteiger partial charge in [-0.25, -0.2) is 0 Å². The number of fused-ring (bicyclic) bond motifs is 1. The molecule has 2 heterocycles. The fourth-order valence-corrected chi connectivity index (χ4v) is 3.14. The number of hydrogen-bond acceptors (Lipinski definition) is 2. The summed E-state index contributed by atoms with van der Waals surface area (Å²) in [5.41, 5.74) is 1.29. The number of amides is 2. The van der Waals surface area contributed by atoms with E-state index in [9.17, 15) is 9.59 Å². The summed E-state index contributed by atoms with van der Waals surface area (Å²) in [4.78, 5) is 30.8. The molecule has 3 rings (SSSR count). The average molecular weight is 320 g/mol. The lowest BCUT2D eigenvalue weighted by Gasteiger charge is -2.21. The van der Waals surface area contributed by atoms with Gasteiger partial charge < -0.3 is 14.8 Å². The molecule has 0 bridgehead atoms. The topological polar surface area (TPSA) is 56.4 Å². The van der Waals surface area contributed by atoms with Gasteiger partial charge in [0, 0.05) is 44.0 Å². The quantitative estimate of drug-likeness (QED) is 0.878. The Hall–Kier alpha value is -2.01. The Morgan fingerprint density at radius 3 is 2.50 bits per heavy atom. The number of halogens is 1. The van der Waals surface area contributed by atoms with Crippen LogP contribution in [0.4, 0.5) is 0 Å². The van der Waals surface area contributed by atoms with Crippen LogP contribution in [0.3, 0.4) is 0 Å². The van der Waals surface area contributed by atoms with Gasteiger partial charge in [-0.2, -0.15) is 0 Å². The van der Waals surface area contributed by atoms with Crippen molar-refractivity contribution in [3.8, 4) is 0 Å². The first-order valence-corrected chi connectivity index (χ1v) is 7.76. The lowest BCUT2D eigenvalue weighted by atomic mass is 10.2. The van der Waals surface area contributed by atoms with E-state index in [4.69, 9.17) is 11.6 Å². The second-order valence-electron chi connectivity index (χ2n) is 5.51. The first-order valence-electron chi connectivity index (χ1n) is 7.39. The summed E-state index contributed by atoms with van der Waals surface area (Å²) >= 11 is 6.35. The normalized spacial score (nSPS) is 15.9. The van der Waals surface area contributed by atoms with Gasteiger partial charge in [-0.1, -0.05) is 29.8 Å². The monoisotopic (exact) mass is 319 g/mol. The Kier molecular flexibility index (Phi) is 4.07. The lowest BCUT2D eigenvalue weighted by molar-refractivity contribution is -0.128. The third-order valence-corrected chi connectivity index (χ3v) is 4.48. The van der Waals surface area contributed by atoms with Crippen molar-refractivity contribution in [3.05, 3.63) is 35.0 Å². The van der Waals surface area contributed by atoms with E-state index < -0.39 is 0 Å². The standard InChI is InChI=1S/C16H18ClN3O2/c1-11(21)19-7-4-8-20(10-9-19)16(22)15-14(17)12-5-2-3-6-13(12)18-15/h2-3,5-6,18H,4,7-10H2,1H3. The smallest absolute Gasteiger partial charge is 0.271 e. The number of para-hydroxylation sites is 1. The van der Waals surface area contributed by atoms with E-state index in [1.165, 1.54) is 0 Å². The molecule has 0 spiro atoms. The van der Waals surface area contributed by atoms with Crippen LogP contribution in [0.1, 0.15) is 23.8 Å². The summed E-state index contributed by atoms with van der Waals surface area (Å²) in [6, 6.07) is 7.59. The van der Waals surface area contributed by atoms with Crippen LogP contribution in [-0.4, -0.2) is 52.8 Å². The molecule has 1 N–H and O–H groups in total. The minimum Gasteiger partial charge on any atom is -0.349 e. The molecule has 1 aromatic carbocycles. The molecule has 1 aliphatic rings. The largest absolute Gasteiger partial charge is 0.349 e. The van der Waals surface area contributed by atoms with Gasteiger partial charge in [0.1, 0.15) is 5.69 Å². The summed E-state index contributed by atoms with van der Waals surface area (Å²) < 4.78 is 0. The second-order valence-corrected chi connectivity index (χ2v) is 5.89. The molecule has 0 unspecified atom stereocenters. The molecule has 0 aliphatic carbocycles. The number of benzene rings is 1. The summed E-state index contributed by atoms with van der Waals surface area (Å²) in [6.07, 6.45) is 0.781. The molecule has 2 amide bonds. The van der Waals surface area contributed by atoms with Gasteiger partial charge in [-0.15, -0.1) is 0 Å². The van der Waals surface area contributed by atoms with Gasteiger partial charge in [-0.05, 0) is 12.5 Å². The van der Waals surface area contributed by atoms with E-state index >= 15 is 0 Å². The first kappa shape index (κ1) is 14.9. The molecule has 2 aromatic rings. The van der Waals surface area contributed by atoms with Crippen LogP contribution in [0.25, 0.3) is 10.9 Å². The highest BCUT2D eigenvalue weighted by Gasteiger charge is 2.24. The molecular formula is C16H18ClN3O2. The van der Waals surface area contributed by atoms with Crippen molar-refractivity contribution in [1.82, 2.24) is 14.8 Å². The summed E-state index contributed by atoms with van der Waals surface area (Å²) in [7, 11) is 0. The summed E-state index contributed by atoms with van der Waals surface area (Å²) in [6.45, 7) is 3.99. The summed E-state index contributed by atoms with van der Waals surface area (Å²) in [5.74, 6) is -0.0513. The molecular weight excluding hydrogens is 302 g/mol. The van der Waals surface area contributed by atoms with Crippen LogP contribution >= 0.6 is 11.6 Å². The molecule has 116 valence electrons. The molecule has 22 heavy (non-hydrogen) atoms. The van der Waals surface area contributed by atoms with Gasteiger partial charge >= 0.3 is 0 Å². The Bertz CT molecular complexity index is 725. The number of carbonyl (C=O) groups is 2. The van der Waals surface area contributed by atoms with Crippen LogP contribution in [-0.2, 0) is 4.79 Å². The van der Waals surface area contributed by atoms with Crippen LogP contribution in [0.15, 0.2) is 24.3 Å². The zero-order chi connectivity index (χ0) is 15.7. The van der Waals surface area contributed by atoms with Gasteiger partial charge in [0.2, 0.25) is 5.91 Å². The Labute approximate surface area is 133 Å². The van der Waals surface area contributed by atoms with E-state index in [0.29, 0.717) is 36.9 Å². The van der Waals surface area contributed by atoms with Crippen LogP contribution in [0, 0.1) is 0 Å². The predicted molar refractivity (Wildman–Crippen MR) is 86.1 cm³/mol. The van der Waals surface area contributed by atoms with Gasteiger partial charge in [0.25, 0.3) is 5.91 Å². The average Bonchev–Trinajstić information content (AvgIpc) is 2.71. The molecule has 1 aliphatic heterocycles. The fourth-order valence-electron chi connectivity index (χ4n) is 2.85. The zero-order valence-corrected chi connectivity index (χ0v) is 13.2. The number of hydrogen-bond donors (Lipinski definition) is 1. The maximum absolute atomic E-state index is 12.7. The number of rotatable bonds is 1. The van der Waals surface area contributed by atoms with Crippen molar-refractivity contribution in [2.75, 3.05) is 26.2 Å². The van der Waals surface area contributed by atoms with E-state index in [0.717, 1.165) is 17.3 Å². The molecule has 1 aromatic heterocycles. The van der Waals surface area contributed by atoms with E-state index in [1.54, 1.807) is 16.7 Å². The van der Waals surface area contributed by atoms with E-state index in [-0.39, 0.29) is 11.8 Å².